The zero-order chi connectivity index (χ0) is 22.6. The van der Waals surface area contributed by atoms with Crippen molar-refractivity contribution in [1.29, 1.82) is 0 Å². The van der Waals surface area contributed by atoms with Crippen LogP contribution in [0.4, 0.5) is 11.8 Å². The Balaban J connectivity index is 1.33. The standard InChI is InChI=1S/C25H28N8O/c26-21-11-27-20(10-28-21)22-23-24(31-25(30-22)32-12-18-7-8-19(13-32)34-18)33(14-29-23)17-6-5-15-3-1-2-4-16(15)9-17/h1,3,10-11,14,17-19H,2,4-9,12-13H2,(H2,26,28). The Morgan fingerprint density at radius 1 is 0.971 bits per heavy atom. The molecule has 2 aliphatic carbocycles. The molecular weight excluding hydrogens is 428 g/mol. The number of fused-ring (bicyclic) bond motifs is 3. The maximum atomic E-state index is 6.06. The number of aromatic nitrogens is 6. The SMILES string of the molecule is Nc1cnc(-c2nc(N3CC4CCC(C3)O4)nc3c2ncn3C2CCC3=C(CCC=C3)C2)cn1. The lowest BCUT2D eigenvalue weighted by atomic mass is 9.83. The summed E-state index contributed by atoms with van der Waals surface area (Å²) in [5.41, 5.74) is 11.9. The monoisotopic (exact) mass is 456 g/mol. The van der Waals surface area contributed by atoms with Gasteiger partial charge in [-0.15, -0.1) is 0 Å². The van der Waals surface area contributed by atoms with Gasteiger partial charge in [-0.2, -0.15) is 4.98 Å². The Hall–Kier alpha value is -3.33. The number of hydrogen-bond donors (Lipinski definition) is 1. The van der Waals surface area contributed by atoms with Gasteiger partial charge < -0.3 is 19.9 Å². The fourth-order valence-electron chi connectivity index (χ4n) is 5.93. The van der Waals surface area contributed by atoms with Crippen molar-refractivity contribution in [2.45, 2.75) is 63.2 Å². The first-order valence-electron chi connectivity index (χ1n) is 12.3. The second-order valence-corrected chi connectivity index (χ2v) is 9.85. The summed E-state index contributed by atoms with van der Waals surface area (Å²) >= 11 is 0. The second-order valence-electron chi connectivity index (χ2n) is 9.85. The average Bonchev–Trinajstić information content (AvgIpc) is 3.46. The summed E-state index contributed by atoms with van der Waals surface area (Å²) in [6, 6.07) is 0.351. The van der Waals surface area contributed by atoms with Gasteiger partial charge in [0.05, 0.1) is 30.9 Å². The van der Waals surface area contributed by atoms with Gasteiger partial charge in [0.15, 0.2) is 5.65 Å². The molecule has 0 aromatic carbocycles. The topological polar surface area (TPSA) is 108 Å². The molecule has 3 unspecified atom stereocenters. The van der Waals surface area contributed by atoms with Crippen LogP contribution in [0.2, 0.25) is 0 Å². The van der Waals surface area contributed by atoms with Crippen molar-refractivity contribution in [2.75, 3.05) is 23.7 Å². The molecule has 3 atom stereocenters. The zero-order valence-electron chi connectivity index (χ0n) is 19.1. The van der Waals surface area contributed by atoms with Gasteiger partial charge >= 0.3 is 0 Å². The third-order valence-electron chi connectivity index (χ3n) is 7.66. The van der Waals surface area contributed by atoms with E-state index in [1.807, 2.05) is 6.33 Å². The quantitative estimate of drug-likeness (QED) is 0.637. The van der Waals surface area contributed by atoms with Crippen LogP contribution < -0.4 is 10.6 Å². The van der Waals surface area contributed by atoms with Crippen LogP contribution in [0.1, 0.15) is 51.0 Å². The van der Waals surface area contributed by atoms with Gasteiger partial charge in [0.25, 0.3) is 0 Å². The summed E-state index contributed by atoms with van der Waals surface area (Å²) in [5.74, 6) is 1.11. The van der Waals surface area contributed by atoms with E-state index in [-0.39, 0.29) is 12.2 Å². The molecule has 9 heteroatoms. The lowest BCUT2D eigenvalue weighted by molar-refractivity contribution is 0.0299. The maximum Gasteiger partial charge on any atom is 0.228 e. The molecule has 7 rings (SSSR count). The molecule has 34 heavy (non-hydrogen) atoms. The molecule has 2 saturated heterocycles. The molecule has 9 nitrogen and oxygen atoms in total. The zero-order valence-corrected chi connectivity index (χ0v) is 19.1. The molecule has 0 spiro atoms. The average molecular weight is 457 g/mol. The highest BCUT2D eigenvalue weighted by Crippen LogP contribution is 2.39. The van der Waals surface area contributed by atoms with Gasteiger partial charge in [0.2, 0.25) is 5.95 Å². The van der Waals surface area contributed by atoms with E-state index in [1.54, 1.807) is 18.0 Å². The highest BCUT2D eigenvalue weighted by atomic mass is 16.5. The van der Waals surface area contributed by atoms with Crippen molar-refractivity contribution in [3.05, 3.63) is 42.0 Å². The number of rotatable bonds is 3. The fraction of sp³-hybridized carbons (Fsp3) is 0.480. The predicted molar refractivity (Wildman–Crippen MR) is 129 cm³/mol. The van der Waals surface area contributed by atoms with Crippen molar-refractivity contribution in [1.82, 2.24) is 29.5 Å². The van der Waals surface area contributed by atoms with Crippen LogP contribution in [0.5, 0.6) is 0 Å². The summed E-state index contributed by atoms with van der Waals surface area (Å²) in [5, 5.41) is 0. The van der Waals surface area contributed by atoms with Crippen LogP contribution >= 0.6 is 0 Å². The first-order chi connectivity index (χ1) is 16.7. The van der Waals surface area contributed by atoms with Gasteiger partial charge in [-0.1, -0.05) is 17.7 Å². The van der Waals surface area contributed by atoms with Crippen LogP contribution in [0, 0.1) is 0 Å². The molecule has 0 amide bonds. The van der Waals surface area contributed by atoms with Crippen molar-refractivity contribution in [2.24, 2.45) is 0 Å². The smallest absolute Gasteiger partial charge is 0.228 e. The number of anilines is 2. The molecule has 2 bridgehead atoms. The van der Waals surface area contributed by atoms with E-state index in [1.165, 1.54) is 5.57 Å². The summed E-state index contributed by atoms with van der Waals surface area (Å²) in [7, 11) is 0. The van der Waals surface area contributed by atoms with Crippen molar-refractivity contribution < 1.29 is 4.74 Å². The molecule has 2 fully saturated rings. The van der Waals surface area contributed by atoms with Crippen LogP contribution in [-0.2, 0) is 4.74 Å². The lowest BCUT2D eigenvalue weighted by Crippen LogP contribution is -2.43. The maximum absolute atomic E-state index is 6.06. The second kappa shape index (κ2) is 7.87. The summed E-state index contributed by atoms with van der Waals surface area (Å²) in [6.07, 6.45) is 18.1. The first-order valence-corrected chi connectivity index (χ1v) is 12.3. The van der Waals surface area contributed by atoms with E-state index in [0.717, 1.165) is 75.1 Å². The van der Waals surface area contributed by atoms with Crippen LogP contribution in [0.3, 0.4) is 0 Å². The third kappa shape index (κ3) is 3.37. The predicted octanol–water partition coefficient (Wildman–Crippen LogP) is 3.60. The Kier molecular flexibility index (Phi) is 4.65. The minimum Gasteiger partial charge on any atom is -0.382 e. The first kappa shape index (κ1) is 20.1. The molecule has 3 aromatic heterocycles. The molecule has 5 heterocycles. The number of nitrogen functional groups attached to an aromatic ring is 1. The van der Waals surface area contributed by atoms with E-state index in [9.17, 15) is 0 Å². The van der Waals surface area contributed by atoms with Gasteiger partial charge in [-0.05, 0) is 50.5 Å². The highest BCUT2D eigenvalue weighted by molar-refractivity contribution is 5.87. The number of nitrogens with two attached hydrogens (primary N) is 1. The largest absolute Gasteiger partial charge is 0.382 e. The molecule has 4 aliphatic rings. The van der Waals surface area contributed by atoms with E-state index in [2.05, 4.69) is 31.6 Å². The van der Waals surface area contributed by atoms with Crippen molar-refractivity contribution in [3.63, 3.8) is 0 Å². The van der Waals surface area contributed by atoms with E-state index < -0.39 is 0 Å². The Morgan fingerprint density at radius 2 is 1.85 bits per heavy atom. The van der Waals surface area contributed by atoms with Crippen molar-refractivity contribution >= 4 is 22.9 Å². The van der Waals surface area contributed by atoms with Crippen LogP contribution in [0.25, 0.3) is 22.6 Å². The van der Waals surface area contributed by atoms with Gasteiger partial charge in [0.1, 0.15) is 22.7 Å². The number of hydrogen-bond acceptors (Lipinski definition) is 8. The molecular formula is C25H28N8O. The highest BCUT2D eigenvalue weighted by Gasteiger charge is 2.35. The summed E-state index contributed by atoms with van der Waals surface area (Å²) in [4.78, 5) is 25.9. The third-order valence-corrected chi connectivity index (χ3v) is 7.66. The lowest BCUT2D eigenvalue weighted by Gasteiger charge is -2.32. The Labute approximate surface area is 197 Å². The van der Waals surface area contributed by atoms with Gasteiger partial charge in [-0.25, -0.2) is 19.9 Å². The van der Waals surface area contributed by atoms with Crippen molar-refractivity contribution in [3.8, 4) is 11.4 Å². The molecule has 2 aliphatic heterocycles. The van der Waals surface area contributed by atoms with Crippen LogP contribution in [-0.4, -0.2) is 54.8 Å². The normalized spacial score (nSPS) is 26.4. The number of allylic oxidation sites excluding steroid dienone is 4. The van der Waals surface area contributed by atoms with Gasteiger partial charge in [0, 0.05) is 19.1 Å². The number of ether oxygens (including phenoxy) is 1. The minimum atomic E-state index is 0.255. The number of imidazole rings is 1. The van der Waals surface area contributed by atoms with E-state index >= 15 is 0 Å². The minimum absolute atomic E-state index is 0.255. The Morgan fingerprint density at radius 3 is 2.68 bits per heavy atom. The summed E-state index contributed by atoms with van der Waals surface area (Å²) in [6.45, 7) is 1.63. The molecule has 0 saturated carbocycles. The molecule has 174 valence electrons. The van der Waals surface area contributed by atoms with E-state index in [4.69, 9.17) is 25.4 Å². The summed E-state index contributed by atoms with van der Waals surface area (Å²) < 4.78 is 8.33. The molecule has 0 radical (unpaired) electrons. The van der Waals surface area contributed by atoms with Gasteiger partial charge in [-0.3, -0.25) is 0 Å². The number of nitrogens with zero attached hydrogens (tertiary/aromatic N) is 7. The molecule has 2 N–H and O–H groups in total. The molecule has 3 aromatic rings. The number of morpholine rings is 1. The van der Waals surface area contributed by atoms with E-state index in [0.29, 0.717) is 23.2 Å². The fourth-order valence-corrected chi connectivity index (χ4v) is 5.93. The Bertz CT molecular complexity index is 1300. The van der Waals surface area contributed by atoms with Crippen LogP contribution in [0.15, 0.2) is 42.0 Å².